The number of aromatic nitrogens is 1. The van der Waals surface area contributed by atoms with Crippen molar-refractivity contribution in [3.05, 3.63) is 65.3 Å². The third kappa shape index (κ3) is 5.62. The fraction of sp³-hybridized carbons (Fsp3) is 0.304. The number of fused-ring (bicyclic) bond motifs is 1. The normalized spacial score (nSPS) is 15.5. The van der Waals surface area contributed by atoms with Crippen LogP contribution in [-0.4, -0.2) is 67.9 Å². The number of nitrogens with zero attached hydrogens (tertiary/aromatic N) is 3. The first-order valence-corrected chi connectivity index (χ1v) is 12.5. The van der Waals surface area contributed by atoms with Gasteiger partial charge in [-0.3, -0.25) is 9.88 Å². The van der Waals surface area contributed by atoms with E-state index in [9.17, 15) is 13.2 Å². The second-order valence-electron chi connectivity index (χ2n) is 7.91. The molecular weight excluding hydrogens is 462 g/mol. The number of hydrogen-bond donors (Lipinski definition) is 2. The molecular formula is C23H26ClN5O3S. The quantitative estimate of drug-likeness (QED) is 0.556. The number of piperazine rings is 1. The number of aryl methyl sites for hydroxylation is 1. The average molecular weight is 488 g/mol. The lowest BCUT2D eigenvalue weighted by molar-refractivity contribution is 0.189. The van der Waals surface area contributed by atoms with Gasteiger partial charge in [-0.05, 0) is 43.3 Å². The van der Waals surface area contributed by atoms with E-state index in [1.165, 1.54) is 16.4 Å². The highest BCUT2D eigenvalue weighted by Gasteiger charge is 2.28. The van der Waals surface area contributed by atoms with E-state index >= 15 is 0 Å². The zero-order chi connectivity index (χ0) is 23.4. The Morgan fingerprint density at radius 2 is 1.76 bits per heavy atom. The number of sulfonamides is 1. The van der Waals surface area contributed by atoms with Gasteiger partial charge in [0.1, 0.15) is 0 Å². The first-order chi connectivity index (χ1) is 15.8. The van der Waals surface area contributed by atoms with Gasteiger partial charge in [0.05, 0.1) is 16.1 Å². The fourth-order valence-corrected chi connectivity index (χ4v) is 5.40. The van der Waals surface area contributed by atoms with Crippen LogP contribution in [0.5, 0.6) is 0 Å². The van der Waals surface area contributed by atoms with Gasteiger partial charge in [-0.1, -0.05) is 29.8 Å². The van der Waals surface area contributed by atoms with E-state index in [4.69, 9.17) is 11.6 Å². The summed E-state index contributed by atoms with van der Waals surface area (Å²) in [5.41, 5.74) is 2.38. The average Bonchev–Trinajstić information content (AvgIpc) is 2.79. The molecule has 2 amide bonds. The lowest BCUT2D eigenvalue weighted by Gasteiger charge is -2.33. The van der Waals surface area contributed by atoms with Gasteiger partial charge in [-0.2, -0.15) is 4.31 Å². The molecule has 0 atom stereocenters. The molecule has 0 aliphatic carbocycles. The molecule has 1 saturated heterocycles. The third-order valence-electron chi connectivity index (χ3n) is 5.59. The smallest absolute Gasteiger partial charge is 0.319 e. The molecule has 4 rings (SSSR count). The zero-order valence-corrected chi connectivity index (χ0v) is 19.9. The molecule has 0 radical (unpaired) electrons. The molecule has 3 aromatic rings. The van der Waals surface area contributed by atoms with Gasteiger partial charge < -0.3 is 10.6 Å². The van der Waals surface area contributed by atoms with Crippen LogP contribution in [0.1, 0.15) is 5.69 Å². The SMILES string of the molecule is Cc1cc(NC(=O)NCCN2CCN(S(=O)(=O)c3ccc(Cl)cc3)CC2)c2ccccc2n1. The number of hydrogen-bond acceptors (Lipinski definition) is 5. The molecule has 33 heavy (non-hydrogen) atoms. The lowest BCUT2D eigenvalue weighted by atomic mass is 10.1. The minimum absolute atomic E-state index is 0.248. The Kier molecular flexibility index (Phi) is 7.14. The standard InChI is InChI=1S/C23H26ClN5O3S/c1-17-16-22(20-4-2-3-5-21(20)26-17)27-23(30)25-10-11-28-12-14-29(15-13-28)33(31,32)19-8-6-18(24)7-9-19/h2-9,16H,10-15H2,1H3,(H2,25,26,27,30). The van der Waals surface area contributed by atoms with E-state index in [-0.39, 0.29) is 10.9 Å². The van der Waals surface area contributed by atoms with Crippen molar-refractivity contribution in [2.24, 2.45) is 0 Å². The molecule has 8 nitrogen and oxygen atoms in total. The first kappa shape index (κ1) is 23.4. The van der Waals surface area contributed by atoms with Crippen molar-refractivity contribution in [2.45, 2.75) is 11.8 Å². The van der Waals surface area contributed by atoms with Crippen molar-refractivity contribution in [1.29, 1.82) is 0 Å². The summed E-state index contributed by atoms with van der Waals surface area (Å²) in [5.74, 6) is 0. The number of urea groups is 1. The molecule has 1 aliphatic heterocycles. The van der Waals surface area contributed by atoms with Crippen molar-refractivity contribution in [2.75, 3.05) is 44.6 Å². The van der Waals surface area contributed by atoms with E-state index in [2.05, 4.69) is 20.5 Å². The van der Waals surface area contributed by atoms with Crippen molar-refractivity contribution >= 4 is 44.2 Å². The van der Waals surface area contributed by atoms with Gasteiger partial charge in [-0.25, -0.2) is 13.2 Å². The highest BCUT2D eigenvalue weighted by atomic mass is 35.5. The van der Waals surface area contributed by atoms with Crippen molar-refractivity contribution in [1.82, 2.24) is 19.5 Å². The second kappa shape index (κ2) is 10.0. The van der Waals surface area contributed by atoms with Crippen molar-refractivity contribution < 1.29 is 13.2 Å². The summed E-state index contributed by atoms with van der Waals surface area (Å²) in [6, 6.07) is 15.5. The molecule has 0 bridgehead atoms. The predicted octanol–water partition coefficient (Wildman–Crippen LogP) is 3.32. The molecule has 1 aromatic heterocycles. The summed E-state index contributed by atoms with van der Waals surface area (Å²) in [5, 5.41) is 7.17. The molecule has 0 spiro atoms. The number of carbonyl (C=O) groups is 1. The molecule has 0 saturated carbocycles. The van der Waals surface area contributed by atoms with Crippen LogP contribution in [0.25, 0.3) is 10.9 Å². The predicted molar refractivity (Wildman–Crippen MR) is 130 cm³/mol. The number of para-hydroxylation sites is 1. The number of halogens is 1. The second-order valence-corrected chi connectivity index (χ2v) is 10.3. The molecule has 2 heterocycles. The Hall–Kier alpha value is -2.72. The summed E-state index contributed by atoms with van der Waals surface area (Å²) in [7, 11) is -3.53. The first-order valence-electron chi connectivity index (χ1n) is 10.7. The molecule has 2 N–H and O–H groups in total. The monoisotopic (exact) mass is 487 g/mol. The van der Waals surface area contributed by atoms with E-state index in [0.29, 0.717) is 44.3 Å². The summed E-state index contributed by atoms with van der Waals surface area (Å²) in [6.45, 7) is 4.99. The number of pyridine rings is 1. The number of nitrogens with one attached hydrogen (secondary N) is 2. The van der Waals surface area contributed by atoms with Crippen LogP contribution >= 0.6 is 11.6 Å². The van der Waals surface area contributed by atoms with Crippen LogP contribution in [0.4, 0.5) is 10.5 Å². The van der Waals surface area contributed by atoms with Crippen LogP contribution in [0.15, 0.2) is 59.5 Å². The van der Waals surface area contributed by atoms with E-state index < -0.39 is 10.0 Å². The maximum atomic E-state index is 12.8. The highest BCUT2D eigenvalue weighted by Crippen LogP contribution is 2.23. The van der Waals surface area contributed by atoms with Crippen LogP contribution < -0.4 is 10.6 Å². The number of benzene rings is 2. The van der Waals surface area contributed by atoms with Crippen LogP contribution in [-0.2, 0) is 10.0 Å². The molecule has 1 fully saturated rings. The topological polar surface area (TPSA) is 94.6 Å². The Balaban J connectivity index is 1.25. The van der Waals surface area contributed by atoms with Gasteiger partial charge >= 0.3 is 6.03 Å². The summed E-state index contributed by atoms with van der Waals surface area (Å²) in [6.07, 6.45) is 0. The Morgan fingerprint density at radius 1 is 1.06 bits per heavy atom. The highest BCUT2D eigenvalue weighted by molar-refractivity contribution is 7.89. The van der Waals surface area contributed by atoms with Gasteiger partial charge in [-0.15, -0.1) is 0 Å². The van der Waals surface area contributed by atoms with E-state index in [1.54, 1.807) is 12.1 Å². The summed E-state index contributed by atoms with van der Waals surface area (Å²) < 4.78 is 27.1. The number of rotatable bonds is 6. The van der Waals surface area contributed by atoms with E-state index in [0.717, 1.165) is 22.3 Å². The van der Waals surface area contributed by atoms with Gasteiger partial charge in [0.2, 0.25) is 10.0 Å². The van der Waals surface area contributed by atoms with Gasteiger partial charge in [0.15, 0.2) is 0 Å². The Morgan fingerprint density at radius 3 is 2.48 bits per heavy atom. The van der Waals surface area contributed by atoms with Gasteiger partial charge in [0.25, 0.3) is 0 Å². The lowest BCUT2D eigenvalue weighted by Crippen LogP contribution is -2.50. The van der Waals surface area contributed by atoms with Crippen molar-refractivity contribution in [3.63, 3.8) is 0 Å². The summed E-state index contributed by atoms with van der Waals surface area (Å²) in [4.78, 5) is 19.3. The van der Waals surface area contributed by atoms with Crippen LogP contribution in [0.2, 0.25) is 5.02 Å². The third-order valence-corrected chi connectivity index (χ3v) is 7.75. The number of anilines is 1. The summed E-state index contributed by atoms with van der Waals surface area (Å²) >= 11 is 5.86. The van der Waals surface area contributed by atoms with E-state index in [1.807, 2.05) is 37.3 Å². The maximum Gasteiger partial charge on any atom is 0.319 e. The minimum atomic E-state index is -3.53. The molecule has 2 aromatic carbocycles. The number of amides is 2. The Bertz CT molecular complexity index is 1240. The maximum absolute atomic E-state index is 12.8. The van der Waals surface area contributed by atoms with Crippen LogP contribution in [0, 0.1) is 6.92 Å². The minimum Gasteiger partial charge on any atom is -0.337 e. The molecule has 10 heteroatoms. The molecule has 0 unspecified atom stereocenters. The largest absolute Gasteiger partial charge is 0.337 e. The van der Waals surface area contributed by atoms with Gasteiger partial charge in [0, 0.05) is 55.4 Å². The molecule has 174 valence electrons. The zero-order valence-electron chi connectivity index (χ0n) is 18.3. The number of carbonyl (C=O) groups excluding carboxylic acids is 1. The fourth-order valence-electron chi connectivity index (χ4n) is 3.85. The molecule has 1 aliphatic rings. The van der Waals surface area contributed by atoms with Crippen LogP contribution in [0.3, 0.4) is 0 Å². The van der Waals surface area contributed by atoms with Crippen molar-refractivity contribution in [3.8, 4) is 0 Å². The Labute approximate surface area is 198 Å².